The first-order chi connectivity index (χ1) is 9.94. The van der Waals surface area contributed by atoms with E-state index in [-0.39, 0.29) is 11.1 Å². The van der Waals surface area contributed by atoms with E-state index in [4.69, 9.17) is 0 Å². The van der Waals surface area contributed by atoms with Crippen molar-refractivity contribution in [3.63, 3.8) is 0 Å². The van der Waals surface area contributed by atoms with Crippen molar-refractivity contribution in [2.75, 3.05) is 0 Å². The second-order valence-corrected chi connectivity index (χ2v) is 6.65. The van der Waals surface area contributed by atoms with Crippen LogP contribution in [0.5, 0.6) is 0 Å². The Morgan fingerprint density at radius 2 is 1.76 bits per heavy atom. The number of aryl methyl sites for hydroxylation is 1. The molecule has 0 heterocycles. The molecule has 0 fully saturated rings. The topological polar surface area (TPSA) is 63.2 Å². The lowest BCUT2D eigenvalue weighted by atomic mass is 10.1. The van der Waals surface area contributed by atoms with Gasteiger partial charge in [0.1, 0.15) is 0 Å². The van der Waals surface area contributed by atoms with Crippen molar-refractivity contribution in [3.05, 3.63) is 65.2 Å². The number of carbonyl (C=O) groups excluding carboxylic acids is 2. The summed E-state index contributed by atoms with van der Waals surface area (Å²) >= 11 is 0. The van der Waals surface area contributed by atoms with Crippen LogP contribution in [-0.4, -0.2) is 22.3 Å². The van der Waals surface area contributed by atoms with Crippen LogP contribution in [0.3, 0.4) is 0 Å². The molecule has 0 spiro atoms. The zero-order valence-corrected chi connectivity index (χ0v) is 12.4. The van der Waals surface area contributed by atoms with Crippen molar-refractivity contribution >= 4 is 27.8 Å². The van der Waals surface area contributed by atoms with Gasteiger partial charge in [-0.1, -0.05) is 35.9 Å². The molecule has 0 saturated carbocycles. The van der Waals surface area contributed by atoms with Crippen molar-refractivity contribution in [2.24, 2.45) is 0 Å². The molecule has 1 N–H and O–H groups in total. The summed E-state index contributed by atoms with van der Waals surface area (Å²) in [5.41, 5.74) is 1.44. The number of amides is 1. The van der Waals surface area contributed by atoms with Crippen molar-refractivity contribution < 1.29 is 13.8 Å². The molecule has 1 unspecified atom stereocenters. The van der Waals surface area contributed by atoms with Crippen LogP contribution in [0.2, 0.25) is 0 Å². The van der Waals surface area contributed by atoms with E-state index >= 15 is 0 Å². The molecule has 0 aromatic heterocycles. The lowest BCUT2D eigenvalue weighted by molar-refractivity contribution is 0.0976. The summed E-state index contributed by atoms with van der Waals surface area (Å²) in [5, 5.41) is 0. The Balaban J connectivity index is 2.30. The minimum atomic E-state index is -2.96. The molecule has 0 bridgehead atoms. The van der Waals surface area contributed by atoms with Crippen LogP contribution in [0.25, 0.3) is 0 Å². The van der Waals surface area contributed by atoms with Crippen molar-refractivity contribution in [3.8, 4) is 0 Å². The summed E-state index contributed by atoms with van der Waals surface area (Å²) in [6, 6.07) is 13.2. The van der Waals surface area contributed by atoms with Gasteiger partial charge in [-0.15, -0.1) is 0 Å². The van der Waals surface area contributed by atoms with Crippen LogP contribution in [0.4, 0.5) is 0 Å². The summed E-state index contributed by atoms with van der Waals surface area (Å²) < 4.78 is 15.0. The molecule has 2 aromatic carbocycles. The summed E-state index contributed by atoms with van der Waals surface area (Å²) in [7, 11) is -2.96. The maximum Gasteiger partial charge on any atom is 0.263 e. The SMILES string of the molecule is C=S(=O)(NC(=O)c1ccccc1C=O)c1ccc(C)cc1. The first-order valence-corrected chi connectivity index (χ1v) is 7.97. The normalized spacial score (nSPS) is 13.2. The van der Waals surface area contributed by atoms with Crippen LogP contribution in [0, 0.1) is 6.92 Å². The molecule has 1 atom stereocenters. The Morgan fingerprint density at radius 1 is 1.14 bits per heavy atom. The summed E-state index contributed by atoms with van der Waals surface area (Å²) in [6.07, 6.45) is 0.589. The number of hydrogen-bond donors (Lipinski definition) is 1. The van der Waals surface area contributed by atoms with Gasteiger partial charge in [0, 0.05) is 10.5 Å². The van der Waals surface area contributed by atoms with Gasteiger partial charge in [0.2, 0.25) is 0 Å². The lowest BCUT2D eigenvalue weighted by Crippen LogP contribution is -2.31. The van der Waals surface area contributed by atoms with Gasteiger partial charge < -0.3 is 0 Å². The highest BCUT2D eigenvalue weighted by Gasteiger charge is 2.15. The fraction of sp³-hybridized carbons (Fsp3) is 0.0625. The fourth-order valence-corrected chi connectivity index (χ4v) is 2.93. The molecule has 2 aromatic rings. The number of rotatable bonds is 4. The first-order valence-electron chi connectivity index (χ1n) is 6.24. The average molecular weight is 301 g/mol. The van der Waals surface area contributed by atoms with Gasteiger partial charge in [-0.05, 0) is 31.0 Å². The molecule has 108 valence electrons. The molecular formula is C16H15NO3S. The number of hydrogen-bond acceptors (Lipinski definition) is 3. The first kappa shape index (κ1) is 15.0. The highest BCUT2D eigenvalue weighted by Crippen LogP contribution is 2.12. The van der Waals surface area contributed by atoms with Gasteiger partial charge in [0.05, 0.1) is 15.3 Å². The van der Waals surface area contributed by atoms with Crippen LogP contribution in [0.1, 0.15) is 26.3 Å². The zero-order chi connectivity index (χ0) is 15.5. The highest BCUT2D eigenvalue weighted by molar-refractivity contribution is 7.99. The Labute approximate surface area is 124 Å². The fourth-order valence-electron chi connectivity index (χ4n) is 1.83. The minimum Gasteiger partial charge on any atom is -0.298 e. The van der Waals surface area contributed by atoms with E-state index in [9.17, 15) is 13.8 Å². The standard InChI is InChI=1S/C16H15NO3S/c1-12-7-9-14(10-8-12)21(2,20)17-16(19)15-6-4-3-5-13(15)11-18/h3-11H,2H2,1H3,(H,17,19,20). The van der Waals surface area contributed by atoms with Crippen molar-refractivity contribution in [2.45, 2.75) is 11.8 Å². The summed E-state index contributed by atoms with van der Waals surface area (Å²) in [6.45, 7) is 1.91. The molecule has 21 heavy (non-hydrogen) atoms. The quantitative estimate of drug-likeness (QED) is 0.696. The van der Waals surface area contributed by atoms with Crippen molar-refractivity contribution in [1.82, 2.24) is 4.72 Å². The molecule has 0 aliphatic carbocycles. The Bertz CT molecular complexity index is 777. The third kappa shape index (κ3) is 3.38. The molecule has 4 nitrogen and oxygen atoms in total. The Kier molecular flexibility index (Phi) is 4.23. The van der Waals surface area contributed by atoms with Crippen LogP contribution in [0.15, 0.2) is 53.4 Å². The van der Waals surface area contributed by atoms with E-state index in [1.807, 2.05) is 6.92 Å². The minimum absolute atomic E-state index is 0.177. The second-order valence-electron chi connectivity index (χ2n) is 4.62. The number of carbonyl (C=O) groups is 2. The van der Waals surface area contributed by atoms with Crippen LogP contribution in [-0.2, 0) is 9.71 Å². The smallest absolute Gasteiger partial charge is 0.263 e. The molecule has 0 radical (unpaired) electrons. The number of aldehydes is 1. The lowest BCUT2D eigenvalue weighted by Gasteiger charge is -2.12. The maximum absolute atomic E-state index is 12.6. The van der Waals surface area contributed by atoms with E-state index in [1.54, 1.807) is 36.4 Å². The third-order valence-electron chi connectivity index (χ3n) is 2.99. The van der Waals surface area contributed by atoms with Gasteiger partial charge in [-0.25, -0.2) is 4.21 Å². The second kappa shape index (κ2) is 5.93. The largest absolute Gasteiger partial charge is 0.298 e. The number of benzene rings is 2. The predicted molar refractivity (Wildman–Crippen MR) is 84.0 cm³/mol. The average Bonchev–Trinajstić information content (AvgIpc) is 2.47. The van der Waals surface area contributed by atoms with Crippen LogP contribution >= 0.6 is 0 Å². The van der Waals surface area contributed by atoms with E-state index < -0.39 is 15.6 Å². The highest BCUT2D eigenvalue weighted by atomic mass is 32.2. The van der Waals surface area contributed by atoms with E-state index in [1.165, 1.54) is 12.1 Å². The van der Waals surface area contributed by atoms with Gasteiger partial charge >= 0.3 is 0 Å². The van der Waals surface area contributed by atoms with Gasteiger partial charge in [0.15, 0.2) is 6.29 Å². The molecule has 0 aliphatic heterocycles. The predicted octanol–water partition coefficient (Wildman–Crippen LogP) is 2.23. The monoisotopic (exact) mass is 301 g/mol. The molecule has 0 aliphatic rings. The summed E-state index contributed by atoms with van der Waals surface area (Å²) in [5.74, 6) is 3.01. The number of nitrogens with one attached hydrogen (secondary N) is 1. The van der Waals surface area contributed by atoms with Gasteiger partial charge in [-0.3, -0.25) is 14.3 Å². The molecular weight excluding hydrogens is 286 g/mol. The Hall–Kier alpha value is -2.40. The summed E-state index contributed by atoms with van der Waals surface area (Å²) in [4.78, 5) is 23.6. The van der Waals surface area contributed by atoms with Gasteiger partial charge in [-0.2, -0.15) is 0 Å². The molecule has 1 amide bonds. The van der Waals surface area contributed by atoms with Gasteiger partial charge in [0.25, 0.3) is 5.91 Å². The van der Waals surface area contributed by atoms with E-state index in [0.717, 1.165) is 5.56 Å². The maximum atomic E-state index is 12.6. The van der Waals surface area contributed by atoms with Crippen LogP contribution < -0.4 is 4.72 Å². The molecule has 0 saturated heterocycles. The molecule has 5 heteroatoms. The third-order valence-corrected chi connectivity index (χ3v) is 4.54. The zero-order valence-electron chi connectivity index (χ0n) is 11.5. The molecule has 2 rings (SSSR count). The van der Waals surface area contributed by atoms with E-state index in [0.29, 0.717) is 11.2 Å². The Morgan fingerprint density at radius 3 is 2.38 bits per heavy atom. The van der Waals surface area contributed by atoms with Crippen molar-refractivity contribution in [1.29, 1.82) is 0 Å². The van der Waals surface area contributed by atoms with E-state index in [2.05, 4.69) is 10.6 Å².